The van der Waals surface area contributed by atoms with Gasteiger partial charge in [-0.25, -0.2) is 0 Å². The van der Waals surface area contributed by atoms with Crippen molar-refractivity contribution in [3.8, 4) is 0 Å². The summed E-state index contributed by atoms with van der Waals surface area (Å²) in [7, 11) is 0. The Morgan fingerprint density at radius 1 is 0.889 bits per heavy atom. The van der Waals surface area contributed by atoms with Crippen molar-refractivity contribution in [2.24, 2.45) is 0 Å². The van der Waals surface area contributed by atoms with Crippen molar-refractivity contribution < 1.29 is 4.79 Å². The molecule has 2 heterocycles. The van der Waals surface area contributed by atoms with E-state index in [0.29, 0.717) is 0 Å². The molecule has 0 saturated heterocycles. The first kappa shape index (κ1) is 13.5. The molecule has 0 aliphatic rings. The van der Waals surface area contributed by atoms with E-state index in [1.165, 1.54) is 0 Å². The van der Waals surface area contributed by atoms with Crippen molar-refractivity contribution in [3.05, 3.63) is 44.8 Å². The number of rotatable bonds is 4. The summed E-state index contributed by atoms with van der Waals surface area (Å²) in [5.41, 5.74) is 1.35. The molecule has 96 valence electrons. The van der Waals surface area contributed by atoms with Gasteiger partial charge < -0.3 is 0 Å². The van der Waals surface area contributed by atoms with E-state index in [1.54, 1.807) is 22.7 Å². The molecule has 2 aromatic heterocycles. The molecule has 0 radical (unpaired) electrons. The first-order valence-electron chi connectivity index (χ1n) is 5.97. The Morgan fingerprint density at radius 2 is 1.28 bits per heavy atom. The maximum absolute atomic E-state index is 12.9. The van der Waals surface area contributed by atoms with Gasteiger partial charge in [0.1, 0.15) is 0 Å². The van der Waals surface area contributed by atoms with E-state index in [0.717, 1.165) is 11.1 Å². The van der Waals surface area contributed by atoms with Crippen LogP contribution in [-0.2, 0) is 15.6 Å². The quantitative estimate of drug-likeness (QED) is 0.796. The van der Waals surface area contributed by atoms with Crippen LogP contribution in [-0.4, -0.2) is 5.78 Å². The zero-order valence-electron chi connectivity index (χ0n) is 11.2. The average Bonchev–Trinajstić information content (AvgIpc) is 3.00. The summed E-state index contributed by atoms with van der Waals surface area (Å²) in [4.78, 5) is 12.9. The highest BCUT2D eigenvalue weighted by molar-refractivity contribution is 7.08. The van der Waals surface area contributed by atoms with Crippen LogP contribution in [0.2, 0.25) is 0 Å². The second-order valence-electron chi connectivity index (χ2n) is 5.60. The Morgan fingerprint density at radius 3 is 1.56 bits per heavy atom. The maximum Gasteiger partial charge on any atom is 0.152 e. The largest absolute Gasteiger partial charge is 0.298 e. The third kappa shape index (κ3) is 2.17. The Bertz CT molecular complexity index is 471. The molecule has 0 aliphatic heterocycles. The molecule has 0 atom stereocenters. The highest BCUT2D eigenvalue weighted by Crippen LogP contribution is 2.36. The fourth-order valence-electron chi connectivity index (χ4n) is 2.28. The van der Waals surface area contributed by atoms with Crippen LogP contribution in [0.15, 0.2) is 33.7 Å². The summed E-state index contributed by atoms with van der Waals surface area (Å²) in [6, 6.07) is 4.10. The van der Waals surface area contributed by atoms with Crippen LogP contribution in [0.25, 0.3) is 0 Å². The highest BCUT2D eigenvalue weighted by Gasteiger charge is 2.41. The second-order valence-corrected chi connectivity index (χ2v) is 7.16. The molecule has 18 heavy (non-hydrogen) atoms. The molecular weight excluding hydrogens is 260 g/mol. The minimum absolute atomic E-state index is 0.270. The van der Waals surface area contributed by atoms with Crippen LogP contribution < -0.4 is 0 Å². The van der Waals surface area contributed by atoms with Crippen molar-refractivity contribution in [2.75, 3.05) is 0 Å². The number of carbonyl (C=O) groups is 1. The second kappa shape index (κ2) is 4.63. The van der Waals surface area contributed by atoms with Gasteiger partial charge in [-0.3, -0.25) is 4.79 Å². The number of Topliss-reactive ketones (excluding diaryl/α,β-unsaturated/α-hetero) is 1. The lowest BCUT2D eigenvalue weighted by molar-refractivity contribution is -0.128. The van der Waals surface area contributed by atoms with Crippen molar-refractivity contribution in [1.82, 2.24) is 0 Å². The smallest absolute Gasteiger partial charge is 0.152 e. The molecular formula is C15H18OS2. The molecule has 0 saturated carbocycles. The van der Waals surface area contributed by atoms with Crippen molar-refractivity contribution in [2.45, 2.75) is 38.5 Å². The van der Waals surface area contributed by atoms with Gasteiger partial charge >= 0.3 is 0 Å². The third-order valence-corrected chi connectivity index (χ3v) is 4.99. The van der Waals surface area contributed by atoms with E-state index in [4.69, 9.17) is 0 Å². The van der Waals surface area contributed by atoms with E-state index < -0.39 is 10.8 Å². The summed E-state index contributed by atoms with van der Waals surface area (Å²) < 4.78 is 0. The Kier molecular flexibility index (Phi) is 3.47. The zero-order chi connectivity index (χ0) is 13.4. The van der Waals surface area contributed by atoms with Gasteiger partial charge in [0.2, 0.25) is 0 Å². The number of thiophene rings is 2. The topological polar surface area (TPSA) is 17.1 Å². The highest BCUT2D eigenvalue weighted by atomic mass is 32.1. The summed E-state index contributed by atoms with van der Waals surface area (Å²) in [5.74, 6) is 0.270. The lowest BCUT2D eigenvalue weighted by Crippen LogP contribution is -2.42. The molecule has 0 bridgehead atoms. The van der Waals surface area contributed by atoms with Crippen molar-refractivity contribution in [1.29, 1.82) is 0 Å². The van der Waals surface area contributed by atoms with Gasteiger partial charge in [-0.1, -0.05) is 0 Å². The Balaban J connectivity index is 2.37. The molecule has 0 unspecified atom stereocenters. The van der Waals surface area contributed by atoms with E-state index in [2.05, 4.69) is 10.8 Å². The predicted molar refractivity (Wildman–Crippen MR) is 79.7 cm³/mol. The molecule has 1 nitrogen and oxygen atoms in total. The molecule has 0 aliphatic carbocycles. The summed E-state index contributed by atoms with van der Waals surface area (Å²) in [6.07, 6.45) is 0. The van der Waals surface area contributed by atoms with Crippen LogP contribution in [0.4, 0.5) is 0 Å². The van der Waals surface area contributed by atoms with Gasteiger partial charge in [-0.15, -0.1) is 0 Å². The van der Waals surface area contributed by atoms with Gasteiger partial charge in [0, 0.05) is 10.8 Å². The normalized spacial score (nSPS) is 12.7. The van der Waals surface area contributed by atoms with Gasteiger partial charge in [-0.05, 0) is 72.5 Å². The predicted octanol–water partition coefficient (Wildman–Crippen LogP) is 4.63. The summed E-state index contributed by atoms with van der Waals surface area (Å²) in [5, 5.41) is 8.20. The third-order valence-electron chi connectivity index (χ3n) is 3.62. The van der Waals surface area contributed by atoms with Gasteiger partial charge in [0.15, 0.2) is 5.78 Å². The molecule has 0 N–H and O–H groups in total. The number of carbonyl (C=O) groups excluding carboxylic acids is 1. The monoisotopic (exact) mass is 278 g/mol. The van der Waals surface area contributed by atoms with E-state index in [9.17, 15) is 4.79 Å². The van der Waals surface area contributed by atoms with Crippen molar-refractivity contribution >= 4 is 28.5 Å². The van der Waals surface area contributed by atoms with Crippen LogP contribution in [0.3, 0.4) is 0 Å². The van der Waals surface area contributed by atoms with Crippen molar-refractivity contribution in [3.63, 3.8) is 0 Å². The Labute approximate surface area is 116 Å². The van der Waals surface area contributed by atoms with E-state index >= 15 is 0 Å². The van der Waals surface area contributed by atoms with E-state index in [-0.39, 0.29) is 5.78 Å². The molecule has 3 heteroatoms. The van der Waals surface area contributed by atoms with E-state index in [1.807, 2.05) is 50.6 Å². The minimum Gasteiger partial charge on any atom is -0.298 e. The van der Waals surface area contributed by atoms with Crippen LogP contribution >= 0.6 is 22.7 Å². The van der Waals surface area contributed by atoms with Gasteiger partial charge in [0.05, 0.1) is 0 Å². The first-order valence-corrected chi connectivity index (χ1v) is 7.85. The molecule has 0 aromatic carbocycles. The molecule has 0 fully saturated rings. The lowest BCUT2D eigenvalue weighted by atomic mass is 9.68. The summed E-state index contributed by atoms with van der Waals surface area (Å²) in [6.45, 7) is 8.08. The van der Waals surface area contributed by atoms with Gasteiger partial charge in [-0.2, -0.15) is 22.7 Å². The zero-order valence-corrected chi connectivity index (χ0v) is 12.8. The number of hydrogen-bond acceptors (Lipinski definition) is 3. The first-order chi connectivity index (χ1) is 8.37. The fraction of sp³-hybridized carbons (Fsp3) is 0.400. The standard InChI is InChI=1S/C15H18OS2/c1-14(2,11-5-7-17-9-11)13(16)15(3,4)12-6-8-18-10-12/h5-10H,1-4H3. The number of hydrogen-bond donors (Lipinski definition) is 0. The minimum atomic E-state index is -0.439. The van der Waals surface area contributed by atoms with Crippen LogP contribution in [0, 0.1) is 0 Å². The molecule has 0 amide bonds. The van der Waals surface area contributed by atoms with Crippen LogP contribution in [0.1, 0.15) is 38.8 Å². The molecule has 2 rings (SSSR count). The number of ketones is 1. The average molecular weight is 278 g/mol. The fourth-order valence-corrected chi connectivity index (χ4v) is 3.93. The summed E-state index contributed by atoms with van der Waals surface area (Å²) >= 11 is 3.28. The SMILES string of the molecule is CC(C)(C(=O)C(C)(C)c1ccsc1)c1ccsc1. The molecule has 0 spiro atoms. The van der Waals surface area contributed by atoms with Gasteiger partial charge in [0.25, 0.3) is 0 Å². The Hall–Kier alpha value is -0.930. The maximum atomic E-state index is 12.9. The lowest BCUT2D eigenvalue weighted by Gasteiger charge is -2.32. The van der Waals surface area contributed by atoms with Crippen LogP contribution in [0.5, 0.6) is 0 Å². The molecule has 2 aromatic rings.